The number of carbonyl (C=O) groups is 3. The predicted octanol–water partition coefficient (Wildman–Crippen LogP) is 3.60. The first-order valence-electron chi connectivity index (χ1n) is 11.9. The quantitative estimate of drug-likeness (QED) is 0.546. The molecule has 0 aliphatic carbocycles. The molecular formula is C27H31N5O3. The molecular weight excluding hydrogens is 442 g/mol. The van der Waals surface area contributed by atoms with E-state index >= 15 is 0 Å². The van der Waals surface area contributed by atoms with Crippen LogP contribution in [-0.2, 0) is 14.4 Å². The number of aromatic nitrogens is 2. The molecule has 1 aliphatic rings. The van der Waals surface area contributed by atoms with Crippen molar-refractivity contribution in [1.29, 1.82) is 0 Å². The van der Waals surface area contributed by atoms with E-state index < -0.39 is 0 Å². The summed E-state index contributed by atoms with van der Waals surface area (Å²) in [4.78, 5) is 38.7. The highest BCUT2D eigenvalue weighted by Gasteiger charge is 2.26. The van der Waals surface area contributed by atoms with Gasteiger partial charge in [0.15, 0.2) is 0 Å². The summed E-state index contributed by atoms with van der Waals surface area (Å²) >= 11 is 0. The number of benzene rings is 2. The molecule has 0 spiro atoms. The van der Waals surface area contributed by atoms with E-state index in [0.717, 1.165) is 28.1 Å². The zero-order chi connectivity index (χ0) is 24.9. The van der Waals surface area contributed by atoms with Crippen molar-refractivity contribution in [2.24, 2.45) is 11.7 Å². The van der Waals surface area contributed by atoms with Gasteiger partial charge in [0, 0.05) is 37.4 Å². The third-order valence-electron chi connectivity index (χ3n) is 6.44. The molecule has 4 rings (SSSR count). The summed E-state index contributed by atoms with van der Waals surface area (Å²) in [5.74, 6) is -0.250. The number of aryl methyl sites for hydroxylation is 2. The van der Waals surface area contributed by atoms with Crippen LogP contribution < -0.4 is 11.1 Å². The number of primary amides is 1. The monoisotopic (exact) mass is 473 g/mol. The Balaban J connectivity index is 1.51. The predicted molar refractivity (Wildman–Crippen MR) is 135 cm³/mol. The van der Waals surface area contributed by atoms with Gasteiger partial charge >= 0.3 is 0 Å². The first kappa shape index (κ1) is 24.2. The topological polar surface area (TPSA) is 110 Å². The highest BCUT2D eigenvalue weighted by atomic mass is 16.2. The molecule has 8 nitrogen and oxygen atoms in total. The van der Waals surface area contributed by atoms with E-state index in [1.165, 1.54) is 0 Å². The van der Waals surface area contributed by atoms with Crippen molar-refractivity contribution < 1.29 is 14.4 Å². The minimum Gasteiger partial charge on any atom is -0.369 e. The molecule has 3 N–H and O–H groups in total. The van der Waals surface area contributed by atoms with Crippen LogP contribution in [0.2, 0.25) is 0 Å². The second kappa shape index (κ2) is 10.5. The molecule has 0 bridgehead atoms. The maximum absolute atomic E-state index is 13.0. The summed E-state index contributed by atoms with van der Waals surface area (Å²) in [6, 6.07) is 17.7. The molecule has 1 fully saturated rings. The van der Waals surface area contributed by atoms with Crippen molar-refractivity contribution >= 4 is 23.5 Å². The number of rotatable bonds is 7. The largest absolute Gasteiger partial charge is 0.369 e. The van der Waals surface area contributed by atoms with Crippen LogP contribution in [0, 0.1) is 19.8 Å². The van der Waals surface area contributed by atoms with Crippen LogP contribution in [0.25, 0.3) is 16.8 Å². The van der Waals surface area contributed by atoms with E-state index in [9.17, 15) is 14.4 Å². The number of likely N-dealkylation sites (tertiary alicyclic amines) is 1. The Morgan fingerprint density at radius 2 is 1.71 bits per heavy atom. The second-order valence-corrected chi connectivity index (χ2v) is 9.03. The van der Waals surface area contributed by atoms with Crippen molar-refractivity contribution in [3.63, 3.8) is 0 Å². The fraction of sp³-hybridized carbons (Fsp3) is 0.333. The van der Waals surface area contributed by atoms with Crippen molar-refractivity contribution in [2.45, 2.75) is 39.5 Å². The fourth-order valence-corrected chi connectivity index (χ4v) is 4.53. The number of nitrogens with zero attached hydrogens (tertiary/aromatic N) is 3. The smallest absolute Gasteiger partial charge is 0.226 e. The first-order chi connectivity index (χ1) is 16.8. The summed E-state index contributed by atoms with van der Waals surface area (Å²) in [6.07, 6.45) is 1.30. The molecule has 0 atom stereocenters. The lowest BCUT2D eigenvalue weighted by Gasteiger charge is -2.30. The number of carbonyl (C=O) groups excluding carboxylic acids is 3. The molecule has 35 heavy (non-hydrogen) atoms. The van der Waals surface area contributed by atoms with Crippen LogP contribution in [-0.4, -0.2) is 45.5 Å². The van der Waals surface area contributed by atoms with Crippen LogP contribution in [0.3, 0.4) is 0 Å². The molecule has 1 aromatic heterocycles. The minimum atomic E-state index is -0.314. The Kier molecular flexibility index (Phi) is 7.29. The van der Waals surface area contributed by atoms with E-state index in [2.05, 4.69) is 5.32 Å². The summed E-state index contributed by atoms with van der Waals surface area (Å²) in [5.41, 5.74) is 9.90. The number of nitrogens with one attached hydrogen (secondary N) is 1. The number of nitrogens with two attached hydrogens (primary N) is 1. The maximum Gasteiger partial charge on any atom is 0.226 e. The van der Waals surface area contributed by atoms with E-state index in [-0.39, 0.29) is 36.5 Å². The van der Waals surface area contributed by atoms with Crippen LogP contribution in [0.1, 0.15) is 36.9 Å². The first-order valence-corrected chi connectivity index (χ1v) is 11.9. The van der Waals surface area contributed by atoms with Crippen molar-refractivity contribution in [2.75, 3.05) is 18.4 Å². The maximum atomic E-state index is 13.0. The molecule has 3 aromatic rings. The zero-order valence-corrected chi connectivity index (χ0v) is 20.2. The lowest BCUT2D eigenvalue weighted by atomic mass is 9.96. The standard InChI is InChI=1S/C27H31N5O3/c1-18-7-6-10-22(17-18)32-27(25(19(2)30-32)20-8-4-3-5-9-20)29-23(33)11-12-24(34)31-15-13-21(14-16-31)26(28)35/h3-10,17,21H,11-16H2,1-2H3,(H2,28,35)(H,29,33). The number of piperidine rings is 1. The van der Waals surface area contributed by atoms with Gasteiger partial charge in [-0.2, -0.15) is 5.10 Å². The molecule has 182 valence electrons. The lowest BCUT2D eigenvalue weighted by molar-refractivity contribution is -0.135. The lowest BCUT2D eigenvalue weighted by Crippen LogP contribution is -2.41. The Labute approximate surface area is 205 Å². The highest BCUT2D eigenvalue weighted by molar-refractivity contribution is 5.97. The van der Waals surface area contributed by atoms with Crippen molar-refractivity contribution in [3.05, 3.63) is 65.9 Å². The Morgan fingerprint density at radius 3 is 2.37 bits per heavy atom. The Hall–Kier alpha value is -3.94. The van der Waals surface area contributed by atoms with E-state index in [4.69, 9.17) is 10.8 Å². The molecule has 0 unspecified atom stereocenters. The van der Waals surface area contributed by atoms with Gasteiger partial charge in [-0.25, -0.2) is 4.68 Å². The molecule has 1 aliphatic heterocycles. The van der Waals surface area contributed by atoms with Gasteiger partial charge < -0.3 is 16.0 Å². The third kappa shape index (κ3) is 5.59. The van der Waals surface area contributed by atoms with Gasteiger partial charge in [0.1, 0.15) is 5.82 Å². The molecule has 3 amide bonds. The van der Waals surface area contributed by atoms with E-state index in [0.29, 0.717) is 31.7 Å². The third-order valence-corrected chi connectivity index (χ3v) is 6.44. The number of amides is 3. The van der Waals surface area contributed by atoms with E-state index in [1.54, 1.807) is 9.58 Å². The van der Waals surface area contributed by atoms with E-state index in [1.807, 2.05) is 68.4 Å². The average molecular weight is 474 g/mol. The molecule has 2 heterocycles. The SMILES string of the molecule is Cc1cccc(-n2nc(C)c(-c3ccccc3)c2NC(=O)CCC(=O)N2CCC(C(N)=O)CC2)c1. The number of hydrogen-bond acceptors (Lipinski definition) is 4. The van der Waals surface area contributed by atoms with Crippen molar-refractivity contribution in [3.8, 4) is 16.8 Å². The van der Waals surface area contributed by atoms with Crippen LogP contribution in [0.15, 0.2) is 54.6 Å². The van der Waals surface area contributed by atoms with Gasteiger partial charge in [-0.1, -0.05) is 42.5 Å². The van der Waals surface area contributed by atoms with Gasteiger partial charge in [0.2, 0.25) is 17.7 Å². The minimum absolute atomic E-state index is 0.0564. The number of anilines is 1. The Bertz CT molecular complexity index is 1230. The molecule has 2 aromatic carbocycles. The normalized spacial score (nSPS) is 14.1. The fourth-order valence-electron chi connectivity index (χ4n) is 4.53. The Morgan fingerprint density at radius 1 is 1.00 bits per heavy atom. The van der Waals surface area contributed by atoms with Gasteiger partial charge in [-0.3, -0.25) is 14.4 Å². The van der Waals surface area contributed by atoms with Gasteiger partial charge in [-0.05, 0) is 49.9 Å². The second-order valence-electron chi connectivity index (χ2n) is 9.03. The molecule has 8 heteroatoms. The molecule has 0 radical (unpaired) electrons. The van der Waals surface area contributed by atoms with Crippen LogP contribution >= 0.6 is 0 Å². The van der Waals surface area contributed by atoms with Gasteiger partial charge in [0.05, 0.1) is 11.4 Å². The summed E-state index contributed by atoms with van der Waals surface area (Å²) in [5, 5.41) is 7.76. The van der Waals surface area contributed by atoms with Crippen LogP contribution in [0.5, 0.6) is 0 Å². The molecule has 0 saturated carbocycles. The van der Waals surface area contributed by atoms with Crippen molar-refractivity contribution in [1.82, 2.24) is 14.7 Å². The summed E-state index contributed by atoms with van der Waals surface area (Å²) in [6.45, 7) is 4.91. The number of hydrogen-bond donors (Lipinski definition) is 2. The average Bonchev–Trinajstić information content (AvgIpc) is 3.18. The summed E-state index contributed by atoms with van der Waals surface area (Å²) in [7, 11) is 0. The van der Waals surface area contributed by atoms with Crippen LogP contribution in [0.4, 0.5) is 5.82 Å². The molecule has 1 saturated heterocycles. The zero-order valence-electron chi connectivity index (χ0n) is 20.2. The van der Waals surface area contributed by atoms with Gasteiger partial charge in [-0.15, -0.1) is 0 Å². The highest BCUT2D eigenvalue weighted by Crippen LogP contribution is 2.33. The van der Waals surface area contributed by atoms with Gasteiger partial charge in [0.25, 0.3) is 0 Å². The summed E-state index contributed by atoms with van der Waals surface area (Å²) < 4.78 is 1.75.